The first-order chi connectivity index (χ1) is 10.0. The van der Waals surface area contributed by atoms with Gasteiger partial charge >= 0.3 is 6.03 Å². The van der Waals surface area contributed by atoms with Crippen molar-refractivity contribution < 1.29 is 14.0 Å². The third kappa shape index (κ3) is 2.49. The number of nitrogens with two attached hydrogens (primary N) is 1. The molecule has 0 bridgehead atoms. The van der Waals surface area contributed by atoms with Crippen molar-refractivity contribution in [3.8, 4) is 0 Å². The monoisotopic (exact) mass is 292 g/mol. The largest absolute Gasteiger partial charge is 0.352 e. The molecule has 21 heavy (non-hydrogen) atoms. The highest BCUT2D eigenvalue weighted by Gasteiger charge is 2.29. The van der Waals surface area contributed by atoms with Gasteiger partial charge < -0.3 is 16.0 Å². The van der Waals surface area contributed by atoms with Crippen LogP contribution in [0.2, 0.25) is 0 Å². The maximum Gasteiger partial charge on any atom is 0.312 e. The van der Waals surface area contributed by atoms with Gasteiger partial charge in [-0.05, 0) is 12.5 Å². The minimum atomic E-state index is -0.626. The molecule has 0 aliphatic carbocycles. The predicted octanol–water partition coefficient (Wildman–Crippen LogP) is -0.0202. The summed E-state index contributed by atoms with van der Waals surface area (Å²) in [5.41, 5.74) is 5.83. The number of likely N-dealkylation sites (tertiary alicyclic amines) is 1. The number of carbonyl (C=O) groups is 2. The Labute approximate surface area is 118 Å². The van der Waals surface area contributed by atoms with E-state index in [0.29, 0.717) is 30.5 Å². The number of aromatic nitrogens is 3. The summed E-state index contributed by atoms with van der Waals surface area (Å²) in [6.45, 7) is 0.789. The molecule has 2 aromatic rings. The zero-order chi connectivity index (χ0) is 15.0. The van der Waals surface area contributed by atoms with Crippen LogP contribution in [0, 0.1) is 5.82 Å². The van der Waals surface area contributed by atoms with E-state index in [9.17, 15) is 14.0 Å². The Morgan fingerprint density at radius 1 is 1.43 bits per heavy atom. The molecular formula is C12H13FN6O2. The van der Waals surface area contributed by atoms with Crippen molar-refractivity contribution in [3.05, 3.63) is 23.5 Å². The number of aromatic amines is 1. The Hall–Kier alpha value is -2.71. The Bertz CT molecular complexity index is 715. The van der Waals surface area contributed by atoms with Crippen molar-refractivity contribution in [2.75, 3.05) is 13.1 Å². The molecule has 1 aliphatic heterocycles. The zero-order valence-electron chi connectivity index (χ0n) is 11.0. The molecule has 3 amide bonds. The van der Waals surface area contributed by atoms with E-state index >= 15 is 0 Å². The highest BCUT2D eigenvalue weighted by molar-refractivity contribution is 6.04. The van der Waals surface area contributed by atoms with Gasteiger partial charge in [-0.15, -0.1) is 0 Å². The molecule has 1 aliphatic rings. The lowest BCUT2D eigenvalue weighted by atomic mass is 10.1. The molecule has 1 aromatic carbocycles. The second-order valence-electron chi connectivity index (χ2n) is 4.89. The molecule has 0 spiro atoms. The van der Waals surface area contributed by atoms with Gasteiger partial charge in [-0.25, -0.2) is 9.18 Å². The van der Waals surface area contributed by atoms with E-state index in [1.807, 2.05) is 0 Å². The zero-order valence-corrected chi connectivity index (χ0v) is 11.0. The first kappa shape index (κ1) is 13.3. The van der Waals surface area contributed by atoms with Crippen LogP contribution in [0.25, 0.3) is 11.0 Å². The number of carbonyl (C=O) groups excluding carboxylic acids is 2. The number of nitrogens with one attached hydrogen (secondary N) is 2. The van der Waals surface area contributed by atoms with E-state index in [-0.39, 0.29) is 17.5 Å². The van der Waals surface area contributed by atoms with Crippen molar-refractivity contribution in [1.29, 1.82) is 0 Å². The van der Waals surface area contributed by atoms with Crippen molar-refractivity contribution in [1.82, 2.24) is 25.6 Å². The molecule has 0 radical (unpaired) electrons. The third-order valence-corrected chi connectivity index (χ3v) is 3.44. The lowest BCUT2D eigenvalue weighted by Crippen LogP contribution is -2.41. The third-order valence-electron chi connectivity index (χ3n) is 3.44. The second kappa shape index (κ2) is 5.00. The summed E-state index contributed by atoms with van der Waals surface area (Å²) in [7, 11) is 0. The van der Waals surface area contributed by atoms with Gasteiger partial charge in [0.1, 0.15) is 16.9 Å². The van der Waals surface area contributed by atoms with Crippen LogP contribution in [-0.2, 0) is 0 Å². The Morgan fingerprint density at radius 2 is 2.24 bits per heavy atom. The number of benzene rings is 1. The van der Waals surface area contributed by atoms with E-state index in [1.165, 1.54) is 11.0 Å². The normalized spacial score (nSPS) is 18.1. The molecule has 2 heterocycles. The van der Waals surface area contributed by atoms with Crippen LogP contribution < -0.4 is 11.1 Å². The van der Waals surface area contributed by atoms with Gasteiger partial charge in [0.05, 0.1) is 5.56 Å². The molecule has 110 valence electrons. The summed E-state index contributed by atoms with van der Waals surface area (Å²) in [6.07, 6.45) is 0.603. The number of hydrogen-bond acceptors (Lipinski definition) is 4. The van der Waals surface area contributed by atoms with Gasteiger partial charge in [-0.2, -0.15) is 15.4 Å². The van der Waals surface area contributed by atoms with Gasteiger partial charge in [0.15, 0.2) is 0 Å². The topological polar surface area (TPSA) is 117 Å². The highest BCUT2D eigenvalue weighted by Crippen LogP contribution is 2.20. The van der Waals surface area contributed by atoms with E-state index in [1.54, 1.807) is 0 Å². The molecule has 0 saturated carbocycles. The molecular weight excluding hydrogens is 279 g/mol. The van der Waals surface area contributed by atoms with E-state index in [0.717, 1.165) is 6.07 Å². The first-order valence-corrected chi connectivity index (χ1v) is 6.40. The highest BCUT2D eigenvalue weighted by atomic mass is 19.1. The number of primary amides is 1. The smallest absolute Gasteiger partial charge is 0.312 e. The van der Waals surface area contributed by atoms with Crippen LogP contribution in [0.4, 0.5) is 9.18 Å². The second-order valence-corrected chi connectivity index (χ2v) is 4.89. The van der Waals surface area contributed by atoms with Crippen LogP contribution in [0.3, 0.4) is 0 Å². The number of rotatable bonds is 2. The number of hydrogen-bond donors (Lipinski definition) is 3. The molecule has 1 fully saturated rings. The van der Waals surface area contributed by atoms with Crippen molar-refractivity contribution in [2.24, 2.45) is 5.73 Å². The summed E-state index contributed by atoms with van der Waals surface area (Å²) in [4.78, 5) is 24.8. The van der Waals surface area contributed by atoms with Crippen LogP contribution in [0.15, 0.2) is 12.1 Å². The number of fused-ring (bicyclic) bond motifs is 1. The number of amides is 3. The number of nitrogens with zero attached hydrogens (tertiary/aromatic N) is 3. The fourth-order valence-corrected chi connectivity index (χ4v) is 2.51. The first-order valence-electron chi connectivity index (χ1n) is 6.40. The predicted molar refractivity (Wildman–Crippen MR) is 70.9 cm³/mol. The standard InChI is InChI=1S/C12H13FN6O2/c13-6-3-8(10-9(4-6)16-18-17-10)11(20)19-2-1-7(5-19)15-12(14)21/h3-4,7H,1-2,5H2,(H3,14,15,21)(H,16,17,18). The van der Waals surface area contributed by atoms with Crippen LogP contribution in [0.1, 0.15) is 16.8 Å². The van der Waals surface area contributed by atoms with Gasteiger partial charge in [0.25, 0.3) is 5.91 Å². The van der Waals surface area contributed by atoms with E-state index in [2.05, 4.69) is 20.7 Å². The fraction of sp³-hybridized carbons (Fsp3) is 0.333. The minimum absolute atomic E-state index is 0.151. The quantitative estimate of drug-likeness (QED) is 0.721. The number of halogens is 1. The van der Waals surface area contributed by atoms with E-state index in [4.69, 9.17) is 5.73 Å². The van der Waals surface area contributed by atoms with Crippen LogP contribution in [0.5, 0.6) is 0 Å². The average molecular weight is 292 g/mol. The lowest BCUT2D eigenvalue weighted by Gasteiger charge is -2.16. The van der Waals surface area contributed by atoms with Crippen molar-refractivity contribution in [2.45, 2.75) is 12.5 Å². The molecule has 3 rings (SSSR count). The fourth-order valence-electron chi connectivity index (χ4n) is 2.51. The Kier molecular flexibility index (Phi) is 3.16. The Balaban J connectivity index is 1.85. The Morgan fingerprint density at radius 3 is 3.00 bits per heavy atom. The number of urea groups is 1. The van der Waals surface area contributed by atoms with E-state index < -0.39 is 11.8 Å². The number of H-pyrrole nitrogens is 1. The molecule has 4 N–H and O–H groups in total. The maximum atomic E-state index is 13.5. The maximum absolute atomic E-state index is 13.5. The summed E-state index contributed by atoms with van der Waals surface area (Å²) < 4.78 is 13.5. The summed E-state index contributed by atoms with van der Waals surface area (Å²) in [5, 5.41) is 12.6. The van der Waals surface area contributed by atoms with Gasteiger partial charge in [0, 0.05) is 25.2 Å². The molecule has 9 heteroatoms. The summed E-state index contributed by atoms with van der Waals surface area (Å²) >= 11 is 0. The minimum Gasteiger partial charge on any atom is -0.352 e. The lowest BCUT2D eigenvalue weighted by molar-refractivity contribution is 0.0790. The SMILES string of the molecule is NC(=O)NC1CCN(C(=O)c2cc(F)cc3n[nH]nc23)C1. The van der Waals surface area contributed by atoms with Gasteiger partial charge in [-0.1, -0.05) is 0 Å². The summed E-state index contributed by atoms with van der Waals surface area (Å²) in [5.74, 6) is -0.895. The average Bonchev–Trinajstić information content (AvgIpc) is 3.04. The molecule has 1 unspecified atom stereocenters. The van der Waals surface area contributed by atoms with Crippen molar-refractivity contribution in [3.63, 3.8) is 0 Å². The van der Waals surface area contributed by atoms with Gasteiger partial charge in [0.2, 0.25) is 0 Å². The summed E-state index contributed by atoms with van der Waals surface area (Å²) in [6, 6.07) is 1.53. The van der Waals surface area contributed by atoms with Gasteiger partial charge in [-0.3, -0.25) is 4.79 Å². The van der Waals surface area contributed by atoms with Crippen molar-refractivity contribution >= 4 is 23.0 Å². The van der Waals surface area contributed by atoms with Crippen LogP contribution >= 0.6 is 0 Å². The molecule has 8 nitrogen and oxygen atoms in total. The molecule has 1 saturated heterocycles. The van der Waals surface area contributed by atoms with Crippen LogP contribution in [-0.4, -0.2) is 51.4 Å². The molecule has 1 aromatic heterocycles. The molecule has 1 atom stereocenters.